The van der Waals surface area contributed by atoms with Crippen LogP contribution in [0.15, 0.2) is 23.1 Å². The Kier molecular flexibility index (Phi) is 3.94. The Morgan fingerprint density at radius 1 is 1.25 bits per heavy atom. The van der Waals surface area contributed by atoms with Gasteiger partial charge >= 0.3 is 0 Å². The molecule has 20 heavy (non-hydrogen) atoms. The molecule has 1 saturated heterocycles. The Bertz CT molecular complexity index is 698. The minimum absolute atomic E-state index is 0.0300. The first kappa shape index (κ1) is 15.1. The van der Waals surface area contributed by atoms with Gasteiger partial charge in [-0.1, -0.05) is 0 Å². The lowest BCUT2D eigenvalue weighted by Gasteiger charge is -2.26. The van der Waals surface area contributed by atoms with Crippen molar-refractivity contribution in [3.8, 4) is 5.75 Å². The highest BCUT2D eigenvalue weighted by atomic mass is 32.2. The normalized spacial score (nSPS) is 19.6. The number of rotatable bonds is 3. The molecule has 1 aromatic carbocycles. The van der Waals surface area contributed by atoms with Crippen LogP contribution in [0.5, 0.6) is 5.75 Å². The Balaban J connectivity index is 2.32. The van der Waals surface area contributed by atoms with Gasteiger partial charge in [0.25, 0.3) is 0 Å². The number of sulfone groups is 1. The second-order valence-electron chi connectivity index (χ2n) is 4.46. The molecule has 2 N–H and O–H groups in total. The molecule has 1 aliphatic rings. The number of hydrogen-bond donors (Lipinski definition) is 1. The fraction of sp³-hybridized carbons (Fsp3) is 0.455. The molecular formula is C11H16N2O5S2. The van der Waals surface area contributed by atoms with Crippen molar-refractivity contribution in [1.29, 1.82) is 0 Å². The van der Waals surface area contributed by atoms with Crippen LogP contribution in [-0.2, 0) is 19.9 Å². The summed E-state index contributed by atoms with van der Waals surface area (Å²) in [6.07, 6.45) is 0. The number of nitrogens with zero attached hydrogens (tertiary/aromatic N) is 1. The van der Waals surface area contributed by atoms with E-state index in [0.717, 1.165) is 4.31 Å². The Morgan fingerprint density at radius 2 is 1.85 bits per heavy atom. The molecule has 7 nitrogen and oxygen atoms in total. The first-order valence-corrected chi connectivity index (χ1v) is 9.16. The van der Waals surface area contributed by atoms with Crippen molar-refractivity contribution in [3.05, 3.63) is 18.2 Å². The molecule has 1 aliphatic heterocycles. The minimum Gasteiger partial charge on any atom is -0.497 e. The van der Waals surface area contributed by atoms with E-state index in [2.05, 4.69) is 0 Å². The molecule has 0 aliphatic carbocycles. The van der Waals surface area contributed by atoms with E-state index < -0.39 is 19.9 Å². The van der Waals surface area contributed by atoms with Gasteiger partial charge in [-0.15, -0.1) is 0 Å². The molecule has 9 heteroatoms. The predicted molar refractivity (Wildman–Crippen MR) is 74.8 cm³/mol. The third kappa shape index (κ3) is 2.89. The molecule has 1 fully saturated rings. The first-order chi connectivity index (χ1) is 9.26. The van der Waals surface area contributed by atoms with Gasteiger partial charge in [0.2, 0.25) is 10.0 Å². The van der Waals surface area contributed by atoms with E-state index in [1.807, 2.05) is 0 Å². The lowest BCUT2D eigenvalue weighted by atomic mass is 10.3. The predicted octanol–water partition coefficient (Wildman–Crippen LogP) is -0.303. The first-order valence-electron chi connectivity index (χ1n) is 5.90. The van der Waals surface area contributed by atoms with Crippen LogP contribution in [0.3, 0.4) is 0 Å². The molecule has 0 bridgehead atoms. The molecule has 1 heterocycles. The van der Waals surface area contributed by atoms with E-state index in [1.165, 1.54) is 25.3 Å². The van der Waals surface area contributed by atoms with E-state index >= 15 is 0 Å². The average molecular weight is 320 g/mol. The highest BCUT2D eigenvalue weighted by Crippen LogP contribution is 2.27. The monoisotopic (exact) mass is 320 g/mol. The quantitative estimate of drug-likeness (QED) is 0.766. The lowest BCUT2D eigenvalue weighted by Crippen LogP contribution is -2.43. The number of sulfonamides is 1. The van der Waals surface area contributed by atoms with Crippen molar-refractivity contribution in [2.24, 2.45) is 0 Å². The number of nitrogen functional groups attached to an aromatic ring is 1. The molecular weight excluding hydrogens is 304 g/mol. The highest BCUT2D eigenvalue weighted by Gasteiger charge is 2.32. The maximum Gasteiger partial charge on any atom is 0.245 e. The maximum atomic E-state index is 12.4. The molecule has 1 aromatic rings. The summed E-state index contributed by atoms with van der Waals surface area (Å²) in [5, 5.41) is 0. The Labute approximate surface area is 118 Å². The molecule has 112 valence electrons. The van der Waals surface area contributed by atoms with Crippen LogP contribution in [0, 0.1) is 0 Å². The number of hydrogen-bond acceptors (Lipinski definition) is 6. The van der Waals surface area contributed by atoms with Gasteiger partial charge in [0.15, 0.2) is 9.84 Å². The molecule has 0 spiro atoms. The smallest absolute Gasteiger partial charge is 0.245 e. The third-order valence-electron chi connectivity index (χ3n) is 3.14. The number of ether oxygens (including phenoxy) is 1. The molecule has 0 saturated carbocycles. The van der Waals surface area contributed by atoms with Crippen LogP contribution in [-0.4, -0.2) is 52.8 Å². The van der Waals surface area contributed by atoms with Crippen molar-refractivity contribution in [1.82, 2.24) is 4.31 Å². The van der Waals surface area contributed by atoms with Gasteiger partial charge in [-0.3, -0.25) is 0 Å². The summed E-state index contributed by atoms with van der Waals surface area (Å²) in [6.45, 7) is -0.0910. The second-order valence-corrected chi connectivity index (χ2v) is 8.67. The van der Waals surface area contributed by atoms with Crippen molar-refractivity contribution in [3.63, 3.8) is 0 Å². The van der Waals surface area contributed by atoms with Gasteiger partial charge in [-0.05, 0) is 12.1 Å². The Morgan fingerprint density at radius 3 is 2.35 bits per heavy atom. The summed E-state index contributed by atoms with van der Waals surface area (Å²) in [5.74, 6) is 0.132. The zero-order chi connectivity index (χ0) is 15.0. The number of nitrogens with two attached hydrogens (primary N) is 1. The summed E-state index contributed by atoms with van der Waals surface area (Å²) in [6, 6.07) is 4.30. The van der Waals surface area contributed by atoms with E-state index in [0.29, 0.717) is 5.75 Å². The molecule has 0 aromatic heterocycles. The molecule has 0 atom stereocenters. The summed E-state index contributed by atoms with van der Waals surface area (Å²) in [7, 11) is -5.46. The SMILES string of the molecule is COc1ccc(S(=O)(=O)N2CCS(=O)(=O)CC2)c(N)c1. The van der Waals surface area contributed by atoms with E-state index in [-0.39, 0.29) is 35.2 Å². The van der Waals surface area contributed by atoms with Crippen molar-refractivity contribution < 1.29 is 21.6 Å². The van der Waals surface area contributed by atoms with Gasteiger partial charge in [-0.2, -0.15) is 4.31 Å². The van der Waals surface area contributed by atoms with Crippen LogP contribution in [0.4, 0.5) is 5.69 Å². The lowest BCUT2D eigenvalue weighted by molar-refractivity contribution is 0.414. The van der Waals surface area contributed by atoms with Crippen molar-refractivity contribution >= 4 is 25.5 Å². The maximum absolute atomic E-state index is 12.4. The van der Waals surface area contributed by atoms with Crippen LogP contribution < -0.4 is 10.5 Å². The summed E-state index contributed by atoms with van der Waals surface area (Å²) in [4.78, 5) is -0.0300. The van der Waals surface area contributed by atoms with Crippen molar-refractivity contribution in [2.45, 2.75) is 4.90 Å². The van der Waals surface area contributed by atoms with Gasteiger partial charge in [0.05, 0.1) is 24.3 Å². The number of methoxy groups -OCH3 is 1. The Hall–Kier alpha value is -1.32. The molecule has 2 rings (SSSR count). The zero-order valence-electron chi connectivity index (χ0n) is 10.9. The van der Waals surface area contributed by atoms with Gasteiger partial charge in [-0.25, -0.2) is 16.8 Å². The zero-order valence-corrected chi connectivity index (χ0v) is 12.6. The third-order valence-corrected chi connectivity index (χ3v) is 6.72. The fourth-order valence-electron chi connectivity index (χ4n) is 1.96. The summed E-state index contributed by atoms with van der Waals surface area (Å²) < 4.78 is 53.7. The van der Waals surface area contributed by atoms with Crippen LogP contribution in [0.25, 0.3) is 0 Å². The summed E-state index contributed by atoms with van der Waals surface area (Å²) in [5.41, 5.74) is 5.82. The van der Waals surface area contributed by atoms with Crippen LogP contribution in [0.1, 0.15) is 0 Å². The number of anilines is 1. The second kappa shape index (κ2) is 5.23. The number of benzene rings is 1. The molecule has 0 amide bonds. The standard InChI is InChI=1S/C11H16N2O5S2/c1-18-9-2-3-11(10(12)8-9)20(16,17)13-4-6-19(14,15)7-5-13/h2-3,8H,4-7,12H2,1H3. The minimum atomic E-state index is -3.78. The van der Waals surface area contributed by atoms with E-state index in [9.17, 15) is 16.8 Å². The molecule has 0 unspecified atom stereocenters. The van der Waals surface area contributed by atoms with Crippen LogP contribution in [0.2, 0.25) is 0 Å². The molecule has 0 radical (unpaired) electrons. The van der Waals surface area contributed by atoms with Gasteiger partial charge in [0, 0.05) is 19.2 Å². The highest BCUT2D eigenvalue weighted by molar-refractivity contribution is 7.92. The largest absolute Gasteiger partial charge is 0.497 e. The fourth-order valence-corrected chi connectivity index (χ4v) is 4.93. The van der Waals surface area contributed by atoms with E-state index in [1.54, 1.807) is 0 Å². The van der Waals surface area contributed by atoms with Gasteiger partial charge < -0.3 is 10.5 Å². The van der Waals surface area contributed by atoms with Gasteiger partial charge in [0.1, 0.15) is 10.6 Å². The average Bonchev–Trinajstić information content (AvgIpc) is 2.37. The van der Waals surface area contributed by atoms with Crippen molar-refractivity contribution in [2.75, 3.05) is 37.4 Å². The summed E-state index contributed by atoms with van der Waals surface area (Å²) >= 11 is 0. The van der Waals surface area contributed by atoms with Crippen LogP contribution >= 0.6 is 0 Å². The topological polar surface area (TPSA) is 107 Å². The van der Waals surface area contributed by atoms with E-state index in [4.69, 9.17) is 10.5 Å².